The molecule has 0 aliphatic carbocycles. The van der Waals surface area contributed by atoms with Crippen LogP contribution in [0.3, 0.4) is 0 Å². The number of phosphoric acid groups is 2. The summed E-state index contributed by atoms with van der Waals surface area (Å²) in [5.41, 5.74) is -2.64. The topological polar surface area (TPSA) is 393 Å². The lowest BCUT2D eigenvalue weighted by Crippen LogP contribution is -2.40. The number of H-pyrrole nitrogens is 2. The first-order chi connectivity index (χ1) is 45.6. The van der Waals surface area contributed by atoms with E-state index >= 15 is 9.13 Å². The van der Waals surface area contributed by atoms with Gasteiger partial charge < -0.3 is 57.6 Å². The van der Waals surface area contributed by atoms with Crippen LogP contribution >= 0.6 is 15.6 Å². The molecule has 3 saturated heterocycles. The molecule has 4 N–H and O–H groups in total. The van der Waals surface area contributed by atoms with E-state index in [0.29, 0.717) is 11.1 Å². The minimum Gasteiger partial charge on any atom is -0.382 e. The zero-order chi connectivity index (χ0) is 68.6. The van der Waals surface area contributed by atoms with Gasteiger partial charge in [-0.25, -0.2) is 36.8 Å². The fourth-order valence-electron chi connectivity index (χ4n) is 10.3. The van der Waals surface area contributed by atoms with Crippen molar-refractivity contribution in [3.63, 3.8) is 0 Å². The first-order valence-electron chi connectivity index (χ1n) is 30.3. The molecule has 14 atom stereocenters. The average molecular weight is 1370 g/mol. The van der Waals surface area contributed by atoms with Gasteiger partial charge in [0.25, 0.3) is 17.0 Å². The van der Waals surface area contributed by atoms with Gasteiger partial charge in [0.05, 0.1) is 71.4 Å². The van der Waals surface area contributed by atoms with E-state index < -0.39 is 156 Å². The summed E-state index contributed by atoms with van der Waals surface area (Å²) in [6.45, 7) is 21.4. The number of anilines is 2. The number of benzene rings is 1. The van der Waals surface area contributed by atoms with Crippen LogP contribution in [0.1, 0.15) is 74.3 Å². The number of amides is 2. The Bertz CT molecular complexity index is 3850. The number of aromatic nitrogens is 8. The van der Waals surface area contributed by atoms with E-state index in [-0.39, 0.29) is 87.6 Å². The SMILES string of the molecule is [C-]#[N+]CCOP(=O)(OC[C@H]1O[C@@H](n2cnc3c(=O)[nH]c(NC(=O)C(C)C)nc32)C(OCCOC)[C@H]1OP(=O)(OCC[N+]#[C-])OC[C@H]1O[C@@H](n2cc(C)c(=O)[nH]c2=O)C(OCCOC)[C@H]1C)O[C@@H]1C(OCCOC)[C@H](n2cc(C)c(NC(=O)c3ccccc3)nc2=O)O[C@@H]1CC. The number of phosphoric ester groups is 2. The number of nitrogens with one attached hydrogen (secondary N) is 4. The van der Waals surface area contributed by atoms with Gasteiger partial charge in [0, 0.05) is 62.2 Å². The van der Waals surface area contributed by atoms with Crippen LogP contribution in [0.15, 0.2) is 68.2 Å². The number of rotatable bonds is 36. The number of aromatic amines is 2. The zero-order valence-corrected chi connectivity index (χ0v) is 55.5. The van der Waals surface area contributed by atoms with Crippen molar-refractivity contribution in [3.05, 3.63) is 130 Å². The number of imidazole rings is 1. The second-order valence-electron chi connectivity index (χ2n) is 22.1. The molecule has 37 heteroatoms. The highest BCUT2D eigenvalue weighted by molar-refractivity contribution is 7.48. The highest BCUT2D eigenvalue weighted by atomic mass is 31.2. The summed E-state index contributed by atoms with van der Waals surface area (Å²) in [5, 5.41) is 5.23. The number of carbonyl (C=O) groups is 2. The summed E-state index contributed by atoms with van der Waals surface area (Å²) in [5.74, 6) is -2.52. The second-order valence-corrected chi connectivity index (χ2v) is 25.4. The van der Waals surface area contributed by atoms with E-state index in [2.05, 4.69) is 45.2 Å². The van der Waals surface area contributed by atoms with Crippen LogP contribution < -0.4 is 33.1 Å². The fourth-order valence-corrected chi connectivity index (χ4v) is 13.1. The number of hydrogen-bond donors (Lipinski definition) is 4. The fraction of sp³-hybridized carbons (Fsp3) is 0.603. The molecule has 0 radical (unpaired) electrons. The van der Waals surface area contributed by atoms with E-state index in [0.717, 1.165) is 9.13 Å². The minimum absolute atomic E-state index is 0.0300. The van der Waals surface area contributed by atoms with Crippen LogP contribution in [0.5, 0.6) is 0 Å². The van der Waals surface area contributed by atoms with Gasteiger partial charge in [-0.15, -0.1) is 0 Å². The molecule has 3 aliphatic rings. The predicted octanol–water partition coefficient (Wildman–Crippen LogP) is 4.12. The van der Waals surface area contributed by atoms with Crippen LogP contribution in [-0.4, -0.2) is 200 Å². The third kappa shape index (κ3) is 18.3. The van der Waals surface area contributed by atoms with E-state index in [9.17, 15) is 28.8 Å². The quantitative estimate of drug-likeness (QED) is 0.0249. The van der Waals surface area contributed by atoms with E-state index in [1.165, 1.54) is 51.5 Å². The molecular formula is C58H78N12O23P2. The van der Waals surface area contributed by atoms with Gasteiger partial charge in [-0.05, 0) is 32.4 Å². The van der Waals surface area contributed by atoms with E-state index in [1.54, 1.807) is 65.0 Å². The molecule has 3 aliphatic heterocycles. The smallest absolute Gasteiger partial charge is 0.382 e. The largest absolute Gasteiger partial charge is 0.475 e. The number of fused-ring (bicyclic) bond motifs is 1. The Morgan fingerprint density at radius 2 is 1.19 bits per heavy atom. The van der Waals surface area contributed by atoms with Crippen molar-refractivity contribution in [3.8, 4) is 0 Å². The number of methoxy groups -OCH3 is 3. The van der Waals surface area contributed by atoms with Gasteiger partial charge in [0.15, 0.2) is 29.8 Å². The number of aryl methyl sites for hydroxylation is 2. The number of carbonyl (C=O) groups excluding carboxylic acids is 2. The maximum absolute atomic E-state index is 15.6. The molecule has 5 aromatic rings. The van der Waals surface area contributed by atoms with E-state index in [1.807, 2.05) is 0 Å². The van der Waals surface area contributed by atoms with Gasteiger partial charge in [0.2, 0.25) is 24.9 Å². The molecular weight excluding hydrogens is 1290 g/mol. The monoisotopic (exact) mass is 1370 g/mol. The zero-order valence-electron chi connectivity index (χ0n) is 53.7. The molecule has 5 unspecified atom stereocenters. The standard InChI is InChI=1S/C58H78N12O23P2/c1-12-38-43(45(83-26-23-80-10)54(89-38)68-28-34(4)47(63-57(68)75)62-51(73)37-16-14-13-15-17-37)92-95(78,86-21-19-60-8)88-31-40-44(46(84-27-24-81-11)55(91-40)70-32-61-41-48(70)64-56(66-52(41)74)65-49(71)33(2)3)93-94(77,85-20-18-59-7)87-30-39-36(6)42(82-25-22-79-9)53(90-39)69-29-35(5)50(72)67-58(69)76/h13-17,28-29,32-33,36,38-40,42-46,53-55H,12,18-27,30-31H2,1-6,9-11H3,(H,67,72,76)(H,62,63,73,75)(H2,64,65,66,71,74)/t36-,38+,39+,40+,42?,43-,44-,45?,46?,53+,54+,55+,94?,95?/m0/s1. The van der Waals surface area contributed by atoms with Gasteiger partial charge >= 0.3 is 27.0 Å². The Morgan fingerprint density at radius 3 is 1.77 bits per heavy atom. The Morgan fingerprint density at radius 1 is 0.653 bits per heavy atom. The normalized spacial score (nSPS) is 24.7. The molecule has 3 fully saturated rings. The van der Waals surface area contributed by atoms with Crippen molar-refractivity contribution in [2.75, 3.05) is 111 Å². The molecule has 0 bridgehead atoms. The van der Waals surface area contributed by atoms with Crippen molar-refractivity contribution < 1.29 is 88.5 Å². The van der Waals surface area contributed by atoms with Gasteiger partial charge in [-0.1, -0.05) is 45.9 Å². The van der Waals surface area contributed by atoms with Gasteiger partial charge in [0.1, 0.15) is 55.7 Å². The molecule has 0 spiro atoms. The maximum Gasteiger partial charge on any atom is 0.475 e. The number of nitrogens with zero attached hydrogens (tertiary/aromatic N) is 8. The Labute approximate surface area is 544 Å². The summed E-state index contributed by atoms with van der Waals surface area (Å²) in [6, 6.07) is 8.29. The van der Waals surface area contributed by atoms with Crippen LogP contribution in [-0.2, 0) is 83.7 Å². The average Bonchev–Trinajstić information content (AvgIpc) is 1.61. The lowest BCUT2D eigenvalue weighted by Gasteiger charge is -2.30. The van der Waals surface area contributed by atoms with Crippen molar-refractivity contribution in [2.45, 2.75) is 115 Å². The first kappa shape index (κ1) is 73.7. The number of ether oxygens (including phenoxy) is 9. The lowest BCUT2D eigenvalue weighted by atomic mass is 10.0. The Balaban J connectivity index is 1.17. The van der Waals surface area contributed by atoms with Crippen molar-refractivity contribution in [1.82, 2.24) is 38.6 Å². The minimum atomic E-state index is -5.11. The highest BCUT2D eigenvalue weighted by Gasteiger charge is 2.55. The molecule has 518 valence electrons. The molecule has 7 heterocycles. The third-order valence-electron chi connectivity index (χ3n) is 15.2. The van der Waals surface area contributed by atoms with Crippen LogP contribution in [0.2, 0.25) is 0 Å². The summed E-state index contributed by atoms with van der Waals surface area (Å²) in [6.07, 6.45) is -10.6. The summed E-state index contributed by atoms with van der Waals surface area (Å²) < 4.78 is 126. The molecule has 95 heavy (non-hydrogen) atoms. The van der Waals surface area contributed by atoms with Crippen molar-refractivity contribution in [1.29, 1.82) is 0 Å². The highest BCUT2D eigenvalue weighted by Crippen LogP contribution is 2.57. The van der Waals surface area contributed by atoms with Crippen molar-refractivity contribution in [2.24, 2.45) is 11.8 Å². The van der Waals surface area contributed by atoms with Crippen LogP contribution in [0.25, 0.3) is 20.9 Å². The maximum atomic E-state index is 15.6. The van der Waals surface area contributed by atoms with Gasteiger partial charge in [-0.2, -0.15) is 9.97 Å². The van der Waals surface area contributed by atoms with Crippen LogP contribution in [0.4, 0.5) is 11.8 Å². The second kappa shape index (κ2) is 34.2. The summed E-state index contributed by atoms with van der Waals surface area (Å²) in [7, 11) is -5.91. The predicted molar refractivity (Wildman–Crippen MR) is 333 cm³/mol. The molecule has 35 nitrogen and oxygen atoms in total. The molecule has 1 aromatic carbocycles. The molecule has 8 rings (SSSR count). The summed E-state index contributed by atoms with van der Waals surface area (Å²) in [4.78, 5) is 104. The van der Waals surface area contributed by atoms with Gasteiger partial charge in [-0.3, -0.25) is 75.3 Å². The van der Waals surface area contributed by atoms with E-state index in [4.69, 9.17) is 82.9 Å². The van der Waals surface area contributed by atoms with Crippen molar-refractivity contribution >= 4 is 50.4 Å². The first-order valence-corrected chi connectivity index (χ1v) is 33.2. The number of hydrogen-bond acceptors (Lipinski definition) is 26. The lowest BCUT2D eigenvalue weighted by molar-refractivity contribution is -0.119. The summed E-state index contributed by atoms with van der Waals surface area (Å²) >= 11 is 0. The molecule has 2 amide bonds. The Kier molecular flexibility index (Phi) is 26.6. The Hall–Kier alpha value is -7.09. The van der Waals surface area contributed by atoms with Crippen LogP contribution in [0, 0.1) is 38.8 Å². The molecule has 0 saturated carbocycles. The third-order valence-corrected chi connectivity index (χ3v) is 18.2. The molecule has 4 aromatic heterocycles.